The van der Waals surface area contributed by atoms with Crippen molar-refractivity contribution in [1.82, 2.24) is 5.32 Å². The average molecular weight is 534 g/mol. The van der Waals surface area contributed by atoms with Crippen molar-refractivity contribution in [2.45, 2.75) is 45.3 Å². The Morgan fingerprint density at radius 3 is 2.42 bits per heavy atom. The molecule has 0 fully saturated rings. The summed E-state index contributed by atoms with van der Waals surface area (Å²) in [6.07, 6.45) is -3.66. The van der Waals surface area contributed by atoms with E-state index in [9.17, 15) is 27.6 Å². The van der Waals surface area contributed by atoms with Crippen LogP contribution in [0.4, 0.5) is 24.5 Å². The van der Waals surface area contributed by atoms with Crippen molar-refractivity contribution < 1.29 is 32.3 Å². The van der Waals surface area contributed by atoms with Crippen LogP contribution in [0.15, 0.2) is 47.5 Å². The van der Waals surface area contributed by atoms with Crippen molar-refractivity contribution in [3.63, 3.8) is 0 Å². The van der Waals surface area contributed by atoms with Crippen LogP contribution in [0.1, 0.15) is 48.2 Å². The summed E-state index contributed by atoms with van der Waals surface area (Å²) in [7, 11) is 0. The molecule has 12 heteroatoms. The second kappa shape index (κ2) is 12.5. The number of amides is 1. The zero-order valence-electron chi connectivity index (χ0n) is 21.0. The van der Waals surface area contributed by atoms with Gasteiger partial charge in [-0.1, -0.05) is 26.0 Å². The SMILES string of the molecule is CC(C)CC(=O)OC(=O)[C@@H](N)Cc1ccc(NC(=O)c2cc(NC3=NCCCN3)cc(C(F)(F)F)c2)cc1. The smallest absolute Gasteiger partial charge is 0.392 e. The molecule has 1 aliphatic rings. The molecule has 0 aromatic heterocycles. The van der Waals surface area contributed by atoms with Crippen LogP contribution in [0, 0.1) is 5.92 Å². The third kappa shape index (κ3) is 8.58. The van der Waals surface area contributed by atoms with Crippen molar-refractivity contribution >= 4 is 35.2 Å². The number of guanidine groups is 1. The number of aliphatic imine (C=N–C) groups is 1. The summed E-state index contributed by atoms with van der Waals surface area (Å²) >= 11 is 0. The molecule has 0 saturated heterocycles. The molecule has 1 heterocycles. The fourth-order valence-electron chi connectivity index (χ4n) is 3.58. The van der Waals surface area contributed by atoms with Gasteiger partial charge in [-0.3, -0.25) is 14.6 Å². The van der Waals surface area contributed by atoms with Crippen LogP contribution in [0.2, 0.25) is 0 Å². The number of esters is 2. The van der Waals surface area contributed by atoms with Crippen LogP contribution < -0.4 is 21.7 Å². The number of carbonyl (C=O) groups is 3. The molecule has 3 rings (SSSR count). The van der Waals surface area contributed by atoms with Crippen molar-refractivity contribution in [3.05, 3.63) is 59.2 Å². The standard InChI is InChI=1S/C26H30F3N5O4/c1-15(2)10-22(35)38-24(37)21(30)11-16-4-6-19(7-5-16)33-23(36)17-12-18(26(27,28)29)14-20(13-17)34-25-31-8-3-9-32-25/h4-7,12-15,21H,3,8-11,30H2,1-2H3,(H,33,36)(H2,31,32,34)/t21-/m0/s1. The second-order valence-corrected chi connectivity index (χ2v) is 9.29. The monoisotopic (exact) mass is 533 g/mol. The van der Waals surface area contributed by atoms with Gasteiger partial charge in [0.1, 0.15) is 6.04 Å². The maximum absolute atomic E-state index is 13.5. The highest BCUT2D eigenvalue weighted by molar-refractivity contribution is 6.05. The van der Waals surface area contributed by atoms with Crippen LogP contribution in [0.5, 0.6) is 0 Å². The molecule has 204 valence electrons. The molecule has 0 radical (unpaired) electrons. The number of nitrogens with one attached hydrogen (secondary N) is 3. The number of nitrogens with two attached hydrogens (primary N) is 1. The number of nitrogens with zero attached hydrogens (tertiary/aromatic N) is 1. The quantitative estimate of drug-likeness (QED) is 0.300. The first-order valence-electron chi connectivity index (χ1n) is 12.1. The normalized spacial score (nSPS) is 14.2. The van der Waals surface area contributed by atoms with Gasteiger partial charge >= 0.3 is 18.1 Å². The van der Waals surface area contributed by atoms with Gasteiger partial charge < -0.3 is 26.4 Å². The summed E-state index contributed by atoms with van der Waals surface area (Å²) in [6.45, 7) is 4.81. The Morgan fingerprint density at radius 2 is 1.82 bits per heavy atom. The summed E-state index contributed by atoms with van der Waals surface area (Å²) in [5, 5.41) is 8.32. The largest absolute Gasteiger partial charge is 0.416 e. The molecule has 0 unspecified atom stereocenters. The number of benzene rings is 2. The minimum absolute atomic E-state index is 0.0383. The molecule has 1 atom stereocenters. The summed E-state index contributed by atoms with van der Waals surface area (Å²) in [4.78, 5) is 40.7. The first kappa shape index (κ1) is 28.6. The minimum Gasteiger partial charge on any atom is -0.392 e. The highest BCUT2D eigenvalue weighted by atomic mass is 19.4. The molecule has 0 bridgehead atoms. The Kier molecular flexibility index (Phi) is 9.45. The van der Waals surface area contributed by atoms with Gasteiger partial charge in [0, 0.05) is 36.4 Å². The number of alkyl halides is 3. The summed E-state index contributed by atoms with van der Waals surface area (Å²) < 4.78 is 45.2. The van der Waals surface area contributed by atoms with Crippen molar-refractivity contribution in [2.24, 2.45) is 16.6 Å². The van der Waals surface area contributed by atoms with Gasteiger partial charge in [0.05, 0.1) is 5.56 Å². The number of hydrogen-bond donors (Lipinski definition) is 4. The number of halogens is 3. The van der Waals surface area contributed by atoms with E-state index in [1.807, 2.05) is 13.8 Å². The number of carbonyl (C=O) groups excluding carboxylic acids is 3. The van der Waals surface area contributed by atoms with Crippen molar-refractivity contribution in [3.8, 4) is 0 Å². The first-order chi connectivity index (χ1) is 17.9. The molecule has 5 N–H and O–H groups in total. The van der Waals surface area contributed by atoms with E-state index in [0.29, 0.717) is 30.3 Å². The predicted octanol–water partition coefficient (Wildman–Crippen LogP) is 3.70. The number of ether oxygens (including phenoxy) is 1. The number of anilines is 2. The molecule has 9 nitrogen and oxygen atoms in total. The van der Waals surface area contributed by atoms with Crippen LogP contribution in [0.25, 0.3) is 0 Å². The van der Waals surface area contributed by atoms with Crippen molar-refractivity contribution in [1.29, 1.82) is 0 Å². The zero-order chi connectivity index (χ0) is 27.9. The zero-order valence-corrected chi connectivity index (χ0v) is 21.0. The van der Waals surface area contributed by atoms with E-state index in [1.165, 1.54) is 18.2 Å². The second-order valence-electron chi connectivity index (χ2n) is 9.29. The van der Waals surface area contributed by atoms with Crippen molar-refractivity contribution in [2.75, 3.05) is 23.7 Å². The molecule has 0 saturated carbocycles. The van der Waals surface area contributed by atoms with Gasteiger partial charge in [-0.15, -0.1) is 0 Å². The molecule has 1 aliphatic heterocycles. The first-order valence-corrected chi connectivity index (χ1v) is 12.1. The molecule has 0 aliphatic carbocycles. The van der Waals surface area contributed by atoms with Gasteiger partial charge in [-0.2, -0.15) is 13.2 Å². The molecule has 38 heavy (non-hydrogen) atoms. The molecular weight excluding hydrogens is 503 g/mol. The highest BCUT2D eigenvalue weighted by Gasteiger charge is 2.32. The van der Waals surface area contributed by atoms with E-state index in [4.69, 9.17) is 10.5 Å². The summed E-state index contributed by atoms with van der Waals surface area (Å²) in [5.41, 5.74) is 5.70. The van der Waals surface area contributed by atoms with Crippen LogP contribution >= 0.6 is 0 Å². The van der Waals surface area contributed by atoms with E-state index in [-0.39, 0.29) is 30.0 Å². The van der Waals surface area contributed by atoms with E-state index < -0.39 is 35.6 Å². The lowest BCUT2D eigenvalue weighted by Crippen LogP contribution is -2.35. The van der Waals surface area contributed by atoms with E-state index in [2.05, 4.69) is 20.9 Å². The Hall–Kier alpha value is -3.93. The van der Waals surface area contributed by atoms with E-state index >= 15 is 0 Å². The van der Waals surface area contributed by atoms with Gasteiger partial charge in [0.25, 0.3) is 5.91 Å². The van der Waals surface area contributed by atoms with Gasteiger partial charge in [0.2, 0.25) is 0 Å². The fraction of sp³-hybridized carbons (Fsp3) is 0.385. The Labute approximate surface area is 218 Å². The van der Waals surface area contributed by atoms with Crippen LogP contribution in [0.3, 0.4) is 0 Å². The third-order valence-corrected chi connectivity index (χ3v) is 5.44. The lowest BCUT2D eigenvalue weighted by Gasteiger charge is -2.18. The van der Waals surface area contributed by atoms with E-state index in [1.54, 1.807) is 12.1 Å². The lowest BCUT2D eigenvalue weighted by atomic mass is 10.1. The van der Waals surface area contributed by atoms with Crippen LogP contribution in [-0.4, -0.2) is 42.9 Å². The topological polar surface area (TPSA) is 135 Å². The predicted molar refractivity (Wildman–Crippen MR) is 137 cm³/mol. The van der Waals surface area contributed by atoms with Gasteiger partial charge in [-0.25, -0.2) is 4.79 Å². The average Bonchev–Trinajstić information content (AvgIpc) is 2.84. The van der Waals surface area contributed by atoms with E-state index in [0.717, 1.165) is 18.6 Å². The number of rotatable bonds is 8. The summed E-state index contributed by atoms with van der Waals surface area (Å²) in [5.74, 6) is -1.85. The minimum atomic E-state index is -4.66. The lowest BCUT2D eigenvalue weighted by molar-refractivity contribution is -0.161. The molecule has 2 aromatic carbocycles. The maximum Gasteiger partial charge on any atom is 0.416 e. The van der Waals surface area contributed by atoms with Gasteiger partial charge in [-0.05, 0) is 54.7 Å². The molecular formula is C26H30F3N5O4. The molecule has 1 amide bonds. The van der Waals surface area contributed by atoms with Gasteiger partial charge in [0.15, 0.2) is 5.96 Å². The van der Waals surface area contributed by atoms with Crippen LogP contribution in [-0.2, 0) is 26.9 Å². The third-order valence-electron chi connectivity index (χ3n) is 5.44. The Balaban J connectivity index is 1.66. The molecule has 2 aromatic rings. The highest BCUT2D eigenvalue weighted by Crippen LogP contribution is 2.32. The maximum atomic E-state index is 13.5. The number of hydrogen-bond acceptors (Lipinski definition) is 8. The summed E-state index contributed by atoms with van der Waals surface area (Å²) in [6, 6.07) is 8.19. The Morgan fingerprint density at radius 1 is 1.11 bits per heavy atom. The molecule has 0 spiro atoms. The Bertz CT molecular complexity index is 1200. The fourth-order valence-corrected chi connectivity index (χ4v) is 3.58.